The molecule has 0 aliphatic heterocycles. The smallest absolute Gasteiger partial charge is 0.211 e. The molecule has 0 rings (SSSR count). The predicted molar refractivity (Wildman–Crippen MR) is 77.3 cm³/mol. The number of hydrogen-bond acceptors (Lipinski definition) is 4. The maximum absolute atomic E-state index is 11.8. The summed E-state index contributed by atoms with van der Waals surface area (Å²) in [5.74, 6) is 0.197. The molecule has 0 heterocycles. The highest BCUT2D eigenvalue weighted by Crippen LogP contribution is 1.96. The fraction of sp³-hybridized carbons (Fsp3) is 1.00. The molecule has 0 fully saturated rings. The molecule has 0 bridgehead atoms. The van der Waals surface area contributed by atoms with Crippen LogP contribution in [0.15, 0.2) is 0 Å². The third kappa shape index (κ3) is 8.85. The second-order valence-electron chi connectivity index (χ2n) is 4.53. The highest BCUT2D eigenvalue weighted by molar-refractivity contribution is 7.89. The average Bonchev–Trinajstić information content (AvgIpc) is 2.31. The van der Waals surface area contributed by atoms with Gasteiger partial charge in [0.15, 0.2) is 0 Å². The summed E-state index contributed by atoms with van der Waals surface area (Å²) in [7, 11) is -3.14. The van der Waals surface area contributed by atoms with Crippen LogP contribution in [0, 0.1) is 0 Å². The zero-order chi connectivity index (χ0) is 14.0. The zero-order valence-corrected chi connectivity index (χ0v) is 13.0. The summed E-state index contributed by atoms with van der Waals surface area (Å²) in [6.45, 7) is 12.4. The Morgan fingerprint density at radius 3 is 2.28 bits per heavy atom. The molecule has 0 aromatic heterocycles. The molecular weight excluding hydrogens is 250 g/mol. The lowest BCUT2D eigenvalue weighted by Crippen LogP contribution is -2.42. The van der Waals surface area contributed by atoms with Crippen molar-refractivity contribution in [2.24, 2.45) is 0 Å². The first-order valence-corrected chi connectivity index (χ1v) is 8.53. The summed E-state index contributed by atoms with van der Waals surface area (Å²) < 4.78 is 26.3. The van der Waals surface area contributed by atoms with E-state index in [2.05, 4.69) is 28.8 Å². The van der Waals surface area contributed by atoms with Crippen LogP contribution >= 0.6 is 0 Å². The summed E-state index contributed by atoms with van der Waals surface area (Å²) >= 11 is 0. The van der Waals surface area contributed by atoms with E-state index < -0.39 is 10.0 Å². The van der Waals surface area contributed by atoms with E-state index in [0.29, 0.717) is 6.42 Å². The fourth-order valence-electron chi connectivity index (χ4n) is 1.84. The first-order valence-electron chi connectivity index (χ1n) is 6.88. The molecule has 0 aromatic carbocycles. The van der Waals surface area contributed by atoms with E-state index >= 15 is 0 Å². The molecular formula is C12H29N3O2S. The van der Waals surface area contributed by atoms with Crippen molar-refractivity contribution < 1.29 is 8.42 Å². The molecule has 110 valence electrons. The quantitative estimate of drug-likeness (QED) is 0.545. The highest BCUT2D eigenvalue weighted by Gasteiger charge is 2.15. The van der Waals surface area contributed by atoms with Gasteiger partial charge in [-0.15, -0.1) is 0 Å². The van der Waals surface area contributed by atoms with Crippen molar-refractivity contribution in [2.45, 2.75) is 40.2 Å². The first-order chi connectivity index (χ1) is 8.45. The largest absolute Gasteiger partial charge is 0.317 e. The van der Waals surface area contributed by atoms with Gasteiger partial charge in [-0.3, -0.25) is 0 Å². The van der Waals surface area contributed by atoms with Crippen molar-refractivity contribution in [1.29, 1.82) is 0 Å². The minimum Gasteiger partial charge on any atom is -0.317 e. The van der Waals surface area contributed by atoms with Crippen LogP contribution in [-0.4, -0.2) is 57.8 Å². The standard InChI is InChI=1S/C12H29N3O2S/c1-5-13-9-8-10-18(16,17)14-12(4)11-15(6-2)7-3/h12-14H,5-11H2,1-4H3. The van der Waals surface area contributed by atoms with Gasteiger partial charge in [0, 0.05) is 12.6 Å². The first kappa shape index (κ1) is 17.8. The van der Waals surface area contributed by atoms with Crippen molar-refractivity contribution in [3.05, 3.63) is 0 Å². The Hall–Kier alpha value is -0.170. The Balaban J connectivity index is 3.99. The van der Waals surface area contributed by atoms with Gasteiger partial charge in [-0.25, -0.2) is 13.1 Å². The number of nitrogens with one attached hydrogen (secondary N) is 2. The minimum absolute atomic E-state index is 0.0333. The Kier molecular flexibility index (Phi) is 9.63. The number of rotatable bonds is 11. The lowest BCUT2D eigenvalue weighted by molar-refractivity contribution is 0.282. The molecule has 18 heavy (non-hydrogen) atoms. The number of likely N-dealkylation sites (N-methyl/N-ethyl adjacent to an activating group) is 1. The van der Waals surface area contributed by atoms with E-state index in [1.54, 1.807) is 0 Å². The summed E-state index contributed by atoms with van der Waals surface area (Å²) in [5, 5.41) is 3.12. The van der Waals surface area contributed by atoms with Gasteiger partial charge in [-0.05, 0) is 39.5 Å². The van der Waals surface area contributed by atoms with Gasteiger partial charge in [0.2, 0.25) is 10.0 Å². The van der Waals surface area contributed by atoms with E-state index in [1.807, 2.05) is 13.8 Å². The van der Waals surface area contributed by atoms with Crippen LogP contribution < -0.4 is 10.0 Å². The summed E-state index contributed by atoms with van der Waals surface area (Å²) in [5.41, 5.74) is 0. The maximum atomic E-state index is 11.8. The molecule has 1 unspecified atom stereocenters. The monoisotopic (exact) mass is 279 g/mol. The molecule has 6 heteroatoms. The van der Waals surface area contributed by atoms with Crippen molar-refractivity contribution in [3.8, 4) is 0 Å². The van der Waals surface area contributed by atoms with Gasteiger partial charge in [-0.2, -0.15) is 0 Å². The zero-order valence-electron chi connectivity index (χ0n) is 12.2. The highest BCUT2D eigenvalue weighted by atomic mass is 32.2. The van der Waals surface area contributed by atoms with Gasteiger partial charge in [0.05, 0.1) is 5.75 Å². The van der Waals surface area contributed by atoms with Gasteiger partial charge >= 0.3 is 0 Å². The SMILES string of the molecule is CCNCCCS(=O)(=O)NC(C)CN(CC)CC. The van der Waals surface area contributed by atoms with Crippen molar-refractivity contribution in [2.75, 3.05) is 38.5 Å². The third-order valence-electron chi connectivity index (χ3n) is 2.82. The Morgan fingerprint density at radius 2 is 1.78 bits per heavy atom. The lowest BCUT2D eigenvalue weighted by atomic mass is 10.3. The molecule has 0 saturated heterocycles. The molecule has 5 nitrogen and oxygen atoms in total. The molecule has 2 N–H and O–H groups in total. The van der Waals surface area contributed by atoms with E-state index in [1.165, 1.54) is 0 Å². The van der Waals surface area contributed by atoms with E-state index in [9.17, 15) is 8.42 Å². The Labute approximate surface area is 112 Å². The molecule has 1 atom stereocenters. The van der Waals surface area contributed by atoms with Gasteiger partial charge in [0.25, 0.3) is 0 Å². The third-order valence-corrected chi connectivity index (χ3v) is 4.41. The Morgan fingerprint density at radius 1 is 1.17 bits per heavy atom. The lowest BCUT2D eigenvalue weighted by Gasteiger charge is -2.23. The fourth-order valence-corrected chi connectivity index (χ4v) is 3.17. The van der Waals surface area contributed by atoms with Gasteiger partial charge in [0.1, 0.15) is 0 Å². The molecule has 0 amide bonds. The summed E-state index contributed by atoms with van der Waals surface area (Å²) in [6.07, 6.45) is 0.654. The Bertz CT molecular complexity index is 290. The summed E-state index contributed by atoms with van der Waals surface area (Å²) in [4.78, 5) is 2.21. The molecule has 0 radical (unpaired) electrons. The molecule has 0 spiro atoms. The van der Waals surface area contributed by atoms with E-state index in [4.69, 9.17) is 0 Å². The van der Waals surface area contributed by atoms with Crippen LogP contribution in [-0.2, 0) is 10.0 Å². The van der Waals surface area contributed by atoms with Crippen LogP contribution in [0.3, 0.4) is 0 Å². The normalized spacial score (nSPS) is 14.1. The van der Waals surface area contributed by atoms with Crippen LogP contribution in [0.1, 0.15) is 34.1 Å². The van der Waals surface area contributed by atoms with Gasteiger partial charge < -0.3 is 10.2 Å². The molecule has 0 aliphatic carbocycles. The second kappa shape index (κ2) is 9.72. The van der Waals surface area contributed by atoms with Crippen LogP contribution in [0.4, 0.5) is 0 Å². The topological polar surface area (TPSA) is 61.4 Å². The average molecular weight is 279 g/mol. The number of hydrogen-bond donors (Lipinski definition) is 2. The molecule has 0 aliphatic rings. The van der Waals surface area contributed by atoms with E-state index in [0.717, 1.165) is 32.7 Å². The van der Waals surface area contributed by atoms with Crippen molar-refractivity contribution in [3.63, 3.8) is 0 Å². The number of sulfonamides is 1. The van der Waals surface area contributed by atoms with Crippen molar-refractivity contribution >= 4 is 10.0 Å². The van der Waals surface area contributed by atoms with E-state index in [-0.39, 0.29) is 11.8 Å². The number of nitrogens with zero attached hydrogens (tertiary/aromatic N) is 1. The van der Waals surface area contributed by atoms with Crippen LogP contribution in [0.25, 0.3) is 0 Å². The second-order valence-corrected chi connectivity index (χ2v) is 6.40. The summed E-state index contributed by atoms with van der Waals surface area (Å²) in [6, 6.07) is -0.0333. The van der Waals surface area contributed by atoms with Crippen molar-refractivity contribution in [1.82, 2.24) is 14.9 Å². The minimum atomic E-state index is -3.14. The van der Waals surface area contributed by atoms with Crippen LogP contribution in [0.5, 0.6) is 0 Å². The van der Waals surface area contributed by atoms with Gasteiger partial charge in [-0.1, -0.05) is 20.8 Å². The van der Waals surface area contributed by atoms with Crippen LogP contribution in [0.2, 0.25) is 0 Å². The molecule has 0 aromatic rings. The maximum Gasteiger partial charge on any atom is 0.211 e. The predicted octanol–water partition coefficient (Wildman–Crippen LogP) is 0.636. The molecule has 0 saturated carbocycles.